The van der Waals surface area contributed by atoms with Crippen LogP contribution < -0.4 is 5.32 Å². The van der Waals surface area contributed by atoms with Crippen molar-refractivity contribution in [1.82, 2.24) is 10.2 Å². The minimum Gasteiger partial charge on any atom is -0.355 e. The molecule has 27 heavy (non-hydrogen) atoms. The highest BCUT2D eigenvalue weighted by Gasteiger charge is 2.28. The van der Waals surface area contributed by atoms with Crippen LogP contribution in [0.15, 0.2) is 59.5 Å². The number of nitrogens with one attached hydrogen (secondary N) is 1. The minimum atomic E-state index is -0.464. The van der Waals surface area contributed by atoms with E-state index in [2.05, 4.69) is 11.4 Å². The lowest BCUT2D eigenvalue weighted by molar-refractivity contribution is -0.139. The molecule has 144 valence electrons. The lowest BCUT2D eigenvalue weighted by Gasteiger charge is -2.30. The maximum absolute atomic E-state index is 13.0. The molecule has 2 aromatic carbocycles. The molecule has 1 atom stereocenters. The molecule has 2 amide bonds. The normalized spacial score (nSPS) is 11.7. The standard InChI is InChI=1S/C22H28N2O2S/c1-4-20(22(26)23-5-2)24(15-18-11-9-10-17(3)14-18)21(25)16-27-19-12-7-6-8-13-19/h6-14,20H,4-5,15-16H2,1-3H3,(H,23,26)/t20-/m1/s1. The summed E-state index contributed by atoms with van der Waals surface area (Å²) in [5, 5.41) is 2.86. The number of rotatable bonds is 9. The van der Waals surface area contributed by atoms with E-state index in [0.717, 1.165) is 16.0 Å². The third kappa shape index (κ3) is 6.43. The molecule has 0 fully saturated rings. The molecule has 0 aliphatic heterocycles. The van der Waals surface area contributed by atoms with E-state index in [9.17, 15) is 9.59 Å². The van der Waals surface area contributed by atoms with Gasteiger partial charge in [0, 0.05) is 18.0 Å². The second kappa shape index (κ2) is 10.8. The molecule has 0 aliphatic rings. The Morgan fingerprint density at radius 1 is 1.07 bits per heavy atom. The van der Waals surface area contributed by atoms with Gasteiger partial charge in [0.2, 0.25) is 11.8 Å². The summed E-state index contributed by atoms with van der Waals surface area (Å²) in [5.41, 5.74) is 2.18. The molecule has 0 spiro atoms. The van der Waals surface area contributed by atoms with E-state index in [1.807, 2.05) is 69.3 Å². The van der Waals surface area contributed by atoms with Crippen molar-refractivity contribution in [2.45, 2.75) is 44.7 Å². The van der Waals surface area contributed by atoms with E-state index >= 15 is 0 Å². The van der Waals surface area contributed by atoms with Crippen molar-refractivity contribution in [3.63, 3.8) is 0 Å². The summed E-state index contributed by atoms with van der Waals surface area (Å²) in [6, 6.07) is 17.5. The van der Waals surface area contributed by atoms with Crippen LogP contribution in [0.25, 0.3) is 0 Å². The molecule has 0 radical (unpaired) electrons. The SMILES string of the molecule is CCNC(=O)[C@@H](CC)N(Cc1cccc(C)c1)C(=O)CSc1ccccc1. The molecule has 0 unspecified atom stereocenters. The Hall–Kier alpha value is -2.27. The number of amides is 2. The number of hydrogen-bond acceptors (Lipinski definition) is 3. The van der Waals surface area contributed by atoms with Crippen molar-refractivity contribution < 1.29 is 9.59 Å². The zero-order valence-corrected chi connectivity index (χ0v) is 17.1. The lowest BCUT2D eigenvalue weighted by atomic mass is 10.1. The Labute approximate surface area is 166 Å². The summed E-state index contributed by atoms with van der Waals surface area (Å²) in [6.07, 6.45) is 0.583. The topological polar surface area (TPSA) is 49.4 Å². The number of thioether (sulfide) groups is 1. The molecule has 0 heterocycles. The monoisotopic (exact) mass is 384 g/mol. The van der Waals surface area contributed by atoms with Crippen LogP contribution in [0.2, 0.25) is 0 Å². The van der Waals surface area contributed by atoms with Gasteiger partial charge in [-0.05, 0) is 38.0 Å². The first-order valence-corrected chi connectivity index (χ1v) is 10.3. The lowest BCUT2D eigenvalue weighted by Crippen LogP contribution is -2.49. The van der Waals surface area contributed by atoms with Crippen molar-refractivity contribution in [1.29, 1.82) is 0 Å². The van der Waals surface area contributed by atoms with Gasteiger partial charge in [-0.2, -0.15) is 0 Å². The van der Waals surface area contributed by atoms with Crippen molar-refractivity contribution in [2.24, 2.45) is 0 Å². The average molecular weight is 385 g/mol. The van der Waals surface area contributed by atoms with Gasteiger partial charge >= 0.3 is 0 Å². The molecule has 1 N–H and O–H groups in total. The Balaban J connectivity index is 2.18. The van der Waals surface area contributed by atoms with Crippen LogP contribution in [-0.2, 0) is 16.1 Å². The second-order valence-corrected chi connectivity index (χ2v) is 7.48. The Bertz CT molecular complexity index is 749. The average Bonchev–Trinajstić information content (AvgIpc) is 2.67. The summed E-state index contributed by atoms with van der Waals surface area (Å²) in [4.78, 5) is 28.3. The van der Waals surface area contributed by atoms with Crippen molar-refractivity contribution in [3.8, 4) is 0 Å². The molecule has 2 aromatic rings. The molecule has 0 saturated heterocycles. The highest BCUT2D eigenvalue weighted by molar-refractivity contribution is 8.00. The van der Waals surface area contributed by atoms with E-state index in [0.29, 0.717) is 25.3 Å². The molecular weight excluding hydrogens is 356 g/mol. The Kier molecular flexibility index (Phi) is 8.40. The highest BCUT2D eigenvalue weighted by Crippen LogP contribution is 2.20. The predicted octanol–water partition coefficient (Wildman–Crippen LogP) is 4.03. The van der Waals surface area contributed by atoms with Gasteiger partial charge in [0.1, 0.15) is 6.04 Å². The molecular formula is C22H28N2O2S. The third-order valence-electron chi connectivity index (χ3n) is 4.28. The number of hydrogen-bond donors (Lipinski definition) is 1. The summed E-state index contributed by atoms with van der Waals surface area (Å²) >= 11 is 1.50. The summed E-state index contributed by atoms with van der Waals surface area (Å²) in [5.74, 6) is 0.195. The summed E-state index contributed by atoms with van der Waals surface area (Å²) in [7, 11) is 0. The number of nitrogens with zero attached hydrogens (tertiary/aromatic N) is 1. The van der Waals surface area contributed by atoms with Gasteiger partial charge in [0.25, 0.3) is 0 Å². The van der Waals surface area contributed by atoms with Crippen LogP contribution in [0.5, 0.6) is 0 Å². The van der Waals surface area contributed by atoms with Crippen LogP contribution in [0.4, 0.5) is 0 Å². The fourth-order valence-corrected chi connectivity index (χ4v) is 3.77. The highest BCUT2D eigenvalue weighted by atomic mass is 32.2. The number of benzene rings is 2. The minimum absolute atomic E-state index is 0.0246. The fraction of sp³-hybridized carbons (Fsp3) is 0.364. The van der Waals surface area contributed by atoms with Gasteiger partial charge < -0.3 is 10.2 Å². The van der Waals surface area contributed by atoms with Gasteiger partial charge in [-0.25, -0.2) is 0 Å². The maximum atomic E-state index is 13.0. The van der Waals surface area contributed by atoms with E-state index in [4.69, 9.17) is 0 Å². The predicted molar refractivity (Wildman–Crippen MR) is 112 cm³/mol. The first kappa shape index (κ1) is 21.0. The molecule has 0 aromatic heterocycles. The zero-order chi connectivity index (χ0) is 19.6. The summed E-state index contributed by atoms with van der Waals surface area (Å²) < 4.78 is 0. The number of carbonyl (C=O) groups is 2. The van der Waals surface area contributed by atoms with Gasteiger partial charge in [-0.3, -0.25) is 9.59 Å². The van der Waals surface area contributed by atoms with Crippen LogP contribution >= 0.6 is 11.8 Å². The van der Waals surface area contributed by atoms with Crippen LogP contribution in [0.3, 0.4) is 0 Å². The third-order valence-corrected chi connectivity index (χ3v) is 5.27. The Morgan fingerprint density at radius 2 is 1.81 bits per heavy atom. The number of likely N-dealkylation sites (N-methyl/N-ethyl adjacent to an activating group) is 1. The maximum Gasteiger partial charge on any atom is 0.242 e. The largest absolute Gasteiger partial charge is 0.355 e. The number of aryl methyl sites for hydroxylation is 1. The van der Waals surface area contributed by atoms with Gasteiger partial charge in [0.15, 0.2) is 0 Å². The number of carbonyl (C=O) groups excluding carboxylic acids is 2. The second-order valence-electron chi connectivity index (χ2n) is 6.43. The molecule has 0 aliphatic carbocycles. The van der Waals surface area contributed by atoms with Gasteiger partial charge in [-0.15, -0.1) is 11.8 Å². The molecule has 5 heteroatoms. The van der Waals surface area contributed by atoms with Crippen molar-refractivity contribution >= 4 is 23.6 Å². The van der Waals surface area contributed by atoms with E-state index in [-0.39, 0.29) is 11.8 Å². The summed E-state index contributed by atoms with van der Waals surface area (Å²) in [6.45, 7) is 6.86. The van der Waals surface area contributed by atoms with E-state index in [1.165, 1.54) is 11.8 Å². The first-order valence-electron chi connectivity index (χ1n) is 9.35. The quantitative estimate of drug-likeness (QED) is 0.664. The van der Waals surface area contributed by atoms with Crippen molar-refractivity contribution in [3.05, 3.63) is 65.7 Å². The Morgan fingerprint density at radius 3 is 2.44 bits per heavy atom. The molecule has 0 bridgehead atoms. The zero-order valence-electron chi connectivity index (χ0n) is 16.3. The van der Waals surface area contributed by atoms with Crippen LogP contribution in [-0.4, -0.2) is 35.1 Å². The molecule has 4 nitrogen and oxygen atoms in total. The smallest absolute Gasteiger partial charge is 0.242 e. The molecule has 0 saturated carbocycles. The fourth-order valence-electron chi connectivity index (χ4n) is 2.96. The van der Waals surface area contributed by atoms with Gasteiger partial charge in [0.05, 0.1) is 5.75 Å². The van der Waals surface area contributed by atoms with E-state index < -0.39 is 6.04 Å². The molecule has 2 rings (SSSR count). The van der Waals surface area contributed by atoms with Crippen LogP contribution in [0.1, 0.15) is 31.4 Å². The van der Waals surface area contributed by atoms with Crippen molar-refractivity contribution in [2.75, 3.05) is 12.3 Å². The van der Waals surface area contributed by atoms with E-state index in [1.54, 1.807) is 4.90 Å². The first-order chi connectivity index (χ1) is 13.0. The van der Waals surface area contributed by atoms with Gasteiger partial charge in [-0.1, -0.05) is 55.0 Å². The van der Waals surface area contributed by atoms with Crippen LogP contribution in [0, 0.1) is 6.92 Å².